The second kappa shape index (κ2) is 6.57. The number of benzene rings is 2. The van der Waals surface area contributed by atoms with Crippen LogP contribution in [-0.4, -0.2) is 31.9 Å². The first-order valence-corrected chi connectivity index (χ1v) is 8.89. The van der Waals surface area contributed by atoms with Gasteiger partial charge >= 0.3 is 0 Å². The number of hydrogen-bond donors (Lipinski definition) is 0. The zero-order valence-corrected chi connectivity index (χ0v) is 13.7. The summed E-state index contributed by atoms with van der Waals surface area (Å²) in [5.41, 5.74) is 0.720. The monoisotopic (exact) mass is 355 g/mol. The zero-order chi connectivity index (χ0) is 16.4. The highest BCUT2D eigenvalue weighted by atomic mass is 35.5. The lowest BCUT2D eigenvalue weighted by Gasteiger charge is -2.37. The smallest absolute Gasteiger partial charge is 0.244 e. The Balaban J connectivity index is 1.58. The highest BCUT2D eigenvalue weighted by Crippen LogP contribution is 2.28. The summed E-state index contributed by atoms with van der Waals surface area (Å²) in [5.74, 6) is -0.317. The maximum atomic E-state index is 13.1. The van der Waals surface area contributed by atoms with Crippen molar-refractivity contribution in [1.82, 2.24) is 4.31 Å². The molecule has 1 aliphatic heterocycles. The maximum absolute atomic E-state index is 13.1. The van der Waals surface area contributed by atoms with Crippen molar-refractivity contribution >= 4 is 21.6 Å². The molecule has 1 saturated heterocycles. The Kier molecular flexibility index (Phi) is 4.68. The quantitative estimate of drug-likeness (QED) is 0.828. The van der Waals surface area contributed by atoms with Crippen molar-refractivity contribution in [2.24, 2.45) is 0 Å². The van der Waals surface area contributed by atoms with E-state index in [0.29, 0.717) is 0 Å². The lowest BCUT2D eigenvalue weighted by Crippen LogP contribution is -2.54. The van der Waals surface area contributed by atoms with Crippen molar-refractivity contribution in [1.29, 1.82) is 0 Å². The van der Waals surface area contributed by atoms with Crippen LogP contribution in [0.4, 0.5) is 4.39 Å². The molecular weight excluding hydrogens is 341 g/mol. The molecule has 0 N–H and O–H groups in total. The Hall–Kier alpha value is -1.47. The van der Waals surface area contributed by atoms with Gasteiger partial charge in [-0.05, 0) is 29.8 Å². The number of nitrogens with zero attached hydrogens (tertiary/aromatic N) is 1. The Bertz CT molecular complexity index is 806. The molecule has 0 amide bonds. The largest absolute Gasteiger partial charge is 0.371 e. The van der Waals surface area contributed by atoms with Gasteiger partial charge < -0.3 is 4.74 Å². The van der Waals surface area contributed by atoms with Crippen LogP contribution in [0.15, 0.2) is 53.4 Å². The molecule has 0 aliphatic carbocycles. The van der Waals surface area contributed by atoms with Crippen LogP contribution < -0.4 is 0 Å². The topological polar surface area (TPSA) is 46.6 Å². The summed E-state index contributed by atoms with van der Waals surface area (Å²) in [4.78, 5) is 0.102. The number of halogens is 2. The van der Waals surface area contributed by atoms with E-state index >= 15 is 0 Å². The Morgan fingerprint density at radius 1 is 1.17 bits per heavy atom. The van der Waals surface area contributed by atoms with Crippen molar-refractivity contribution in [2.45, 2.75) is 17.6 Å². The van der Waals surface area contributed by atoms with E-state index in [-0.39, 0.29) is 41.5 Å². The van der Waals surface area contributed by atoms with Crippen LogP contribution >= 0.6 is 11.6 Å². The first-order chi connectivity index (χ1) is 11.0. The van der Waals surface area contributed by atoms with E-state index in [9.17, 15) is 12.8 Å². The van der Waals surface area contributed by atoms with Crippen molar-refractivity contribution < 1.29 is 17.5 Å². The number of rotatable bonds is 5. The molecule has 0 spiro atoms. The second-order valence-corrected chi connectivity index (χ2v) is 7.63. The van der Waals surface area contributed by atoms with Crippen molar-refractivity contribution in [2.75, 3.05) is 13.1 Å². The van der Waals surface area contributed by atoms with Crippen LogP contribution in [0.1, 0.15) is 5.56 Å². The number of hydrogen-bond acceptors (Lipinski definition) is 3. The molecule has 0 saturated carbocycles. The summed E-state index contributed by atoms with van der Waals surface area (Å²) in [6, 6.07) is 12.5. The molecule has 122 valence electrons. The van der Waals surface area contributed by atoms with E-state index in [0.717, 1.165) is 5.56 Å². The molecule has 1 heterocycles. The summed E-state index contributed by atoms with van der Waals surface area (Å²) in [6.07, 6.45) is -0.199. The molecule has 1 fully saturated rings. The van der Waals surface area contributed by atoms with Crippen LogP contribution in [0.2, 0.25) is 5.02 Å². The van der Waals surface area contributed by atoms with E-state index in [1.54, 1.807) is 30.3 Å². The molecule has 7 heteroatoms. The third-order valence-electron chi connectivity index (χ3n) is 3.64. The minimum absolute atomic E-state index is 0.102. The first kappa shape index (κ1) is 16.4. The van der Waals surface area contributed by atoms with Gasteiger partial charge in [0, 0.05) is 13.1 Å². The fraction of sp³-hybridized carbons (Fsp3) is 0.250. The number of ether oxygens (including phenoxy) is 1. The molecule has 2 aromatic rings. The Morgan fingerprint density at radius 2 is 1.91 bits per heavy atom. The van der Waals surface area contributed by atoms with Crippen LogP contribution in [0, 0.1) is 5.82 Å². The maximum Gasteiger partial charge on any atom is 0.244 e. The van der Waals surface area contributed by atoms with Crippen LogP contribution in [0.5, 0.6) is 0 Å². The molecule has 0 aromatic heterocycles. The minimum Gasteiger partial charge on any atom is -0.371 e. The normalized spacial score (nSPS) is 16.3. The molecule has 1 aliphatic rings. The second-order valence-electron chi connectivity index (χ2n) is 5.32. The molecule has 4 nitrogen and oxygen atoms in total. The lowest BCUT2D eigenvalue weighted by molar-refractivity contribution is -0.0296. The highest BCUT2D eigenvalue weighted by molar-refractivity contribution is 7.89. The summed E-state index contributed by atoms with van der Waals surface area (Å²) in [5, 5.41) is 0.205. The van der Waals surface area contributed by atoms with Crippen LogP contribution in [0.25, 0.3) is 0 Å². The predicted molar refractivity (Wildman–Crippen MR) is 85.2 cm³/mol. The fourth-order valence-electron chi connectivity index (χ4n) is 2.34. The van der Waals surface area contributed by atoms with E-state index < -0.39 is 10.0 Å². The van der Waals surface area contributed by atoms with Gasteiger partial charge in [0.15, 0.2) is 0 Å². The van der Waals surface area contributed by atoms with Crippen molar-refractivity contribution in [3.8, 4) is 0 Å². The van der Waals surface area contributed by atoms with Crippen LogP contribution in [0.3, 0.4) is 0 Å². The van der Waals surface area contributed by atoms with Crippen molar-refractivity contribution in [3.05, 3.63) is 64.9 Å². The SMILES string of the molecule is O=S(=O)(c1ccccc1Cl)N1CC(OCc2cccc(F)c2)C1. The molecule has 0 atom stereocenters. The molecule has 3 rings (SSSR count). The van der Waals surface area contributed by atoms with Gasteiger partial charge in [-0.25, -0.2) is 12.8 Å². The summed E-state index contributed by atoms with van der Waals surface area (Å²) < 4.78 is 44.9. The van der Waals surface area contributed by atoms with Gasteiger partial charge in [0.2, 0.25) is 10.0 Å². The molecule has 23 heavy (non-hydrogen) atoms. The summed E-state index contributed by atoms with van der Waals surface area (Å²) in [6.45, 7) is 0.786. The van der Waals surface area contributed by atoms with Crippen molar-refractivity contribution in [3.63, 3.8) is 0 Å². The van der Waals surface area contributed by atoms with Gasteiger partial charge in [-0.1, -0.05) is 35.9 Å². The molecular formula is C16H15ClFNO3S. The van der Waals surface area contributed by atoms with Gasteiger partial charge in [-0.15, -0.1) is 0 Å². The van der Waals surface area contributed by atoms with E-state index in [2.05, 4.69) is 0 Å². The Labute approximate surface area is 139 Å². The number of sulfonamides is 1. The molecule has 0 bridgehead atoms. The minimum atomic E-state index is -3.59. The Morgan fingerprint density at radius 3 is 2.61 bits per heavy atom. The first-order valence-electron chi connectivity index (χ1n) is 7.07. The third kappa shape index (κ3) is 3.55. The van der Waals surface area contributed by atoms with E-state index in [1.807, 2.05) is 0 Å². The predicted octanol–water partition coefficient (Wildman–Crippen LogP) is 3.07. The van der Waals surface area contributed by atoms with Gasteiger partial charge in [0.1, 0.15) is 10.7 Å². The molecule has 2 aromatic carbocycles. The standard InChI is InChI=1S/C16H15ClFNO3S/c17-15-6-1-2-7-16(15)23(20,21)19-9-14(10-19)22-11-12-4-3-5-13(18)8-12/h1-8,14H,9-11H2. The van der Waals surface area contributed by atoms with Gasteiger partial charge in [-0.3, -0.25) is 0 Å². The van der Waals surface area contributed by atoms with E-state index in [1.165, 1.54) is 22.5 Å². The average molecular weight is 356 g/mol. The zero-order valence-electron chi connectivity index (χ0n) is 12.2. The third-order valence-corrected chi connectivity index (χ3v) is 5.98. The van der Waals surface area contributed by atoms with Gasteiger partial charge in [0.05, 0.1) is 17.7 Å². The summed E-state index contributed by atoms with van der Waals surface area (Å²) in [7, 11) is -3.59. The molecule has 0 unspecified atom stereocenters. The van der Waals surface area contributed by atoms with Gasteiger partial charge in [-0.2, -0.15) is 4.31 Å². The van der Waals surface area contributed by atoms with E-state index in [4.69, 9.17) is 16.3 Å². The molecule has 0 radical (unpaired) electrons. The highest BCUT2D eigenvalue weighted by Gasteiger charge is 2.38. The van der Waals surface area contributed by atoms with Gasteiger partial charge in [0.25, 0.3) is 0 Å². The fourth-order valence-corrected chi connectivity index (χ4v) is 4.33. The van der Waals surface area contributed by atoms with Crippen LogP contribution in [-0.2, 0) is 21.4 Å². The average Bonchev–Trinajstić information content (AvgIpc) is 2.45. The summed E-state index contributed by atoms with van der Waals surface area (Å²) >= 11 is 5.95. The lowest BCUT2D eigenvalue weighted by atomic mass is 10.2.